The molecule has 0 saturated carbocycles. The van der Waals surface area contributed by atoms with E-state index in [9.17, 15) is 18.0 Å². The third-order valence-corrected chi connectivity index (χ3v) is 4.05. The second kappa shape index (κ2) is 7.06. The lowest BCUT2D eigenvalue weighted by Crippen LogP contribution is -2.29. The molecule has 0 unspecified atom stereocenters. The third-order valence-electron chi connectivity index (χ3n) is 2.65. The van der Waals surface area contributed by atoms with Gasteiger partial charge in [0.1, 0.15) is 5.71 Å². The van der Waals surface area contributed by atoms with Crippen molar-refractivity contribution < 1.29 is 18.0 Å². The lowest BCUT2D eigenvalue weighted by molar-refractivity contribution is -0.0604. The van der Waals surface area contributed by atoms with Crippen LogP contribution in [0.3, 0.4) is 0 Å². The molecule has 2 aromatic rings. The van der Waals surface area contributed by atoms with Crippen molar-refractivity contribution in [2.75, 3.05) is 0 Å². The Bertz CT molecular complexity index is 666. The van der Waals surface area contributed by atoms with Crippen LogP contribution in [0.15, 0.2) is 51.4 Å². The van der Waals surface area contributed by atoms with E-state index < -0.39 is 17.8 Å². The number of benzene rings is 1. The van der Waals surface area contributed by atoms with Crippen LogP contribution in [0.1, 0.15) is 15.2 Å². The fourth-order valence-corrected chi connectivity index (χ4v) is 2.54. The number of rotatable bonds is 4. The fraction of sp³-hybridized carbons (Fsp3) is 0.143. The molecule has 2 rings (SSSR count). The molecule has 0 saturated heterocycles. The number of carbonyl (C=O) groups excluding carboxylic acids is 1. The van der Waals surface area contributed by atoms with Gasteiger partial charge in [0, 0.05) is 21.3 Å². The number of hydrogen-bond donors (Lipinski definition) is 1. The first-order valence-electron chi connectivity index (χ1n) is 6.08. The molecule has 0 aliphatic carbocycles. The van der Waals surface area contributed by atoms with E-state index in [1.54, 1.807) is 29.6 Å². The van der Waals surface area contributed by atoms with E-state index in [1.165, 1.54) is 23.5 Å². The van der Waals surface area contributed by atoms with Crippen LogP contribution in [0.2, 0.25) is 0 Å². The van der Waals surface area contributed by atoms with E-state index in [0.29, 0.717) is 4.88 Å². The van der Waals surface area contributed by atoms with E-state index >= 15 is 0 Å². The number of nitrogens with zero attached hydrogens (tertiary/aromatic N) is 1. The fourth-order valence-electron chi connectivity index (χ4n) is 1.57. The van der Waals surface area contributed by atoms with Gasteiger partial charge in [-0.1, -0.05) is 22.0 Å². The van der Waals surface area contributed by atoms with E-state index in [2.05, 4.69) is 21.0 Å². The predicted octanol–water partition coefficient (Wildman–Crippen LogP) is 4.40. The Kier molecular flexibility index (Phi) is 5.36. The van der Waals surface area contributed by atoms with Crippen molar-refractivity contribution >= 4 is 38.9 Å². The van der Waals surface area contributed by atoms with Gasteiger partial charge in [-0.2, -0.15) is 18.3 Å². The highest BCUT2D eigenvalue weighted by Crippen LogP contribution is 2.22. The maximum atomic E-state index is 12.9. The van der Waals surface area contributed by atoms with Gasteiger partial charge in [0.25, 0.3) is 5.91 Å². The third kappa shape index (κ3) is 4.67. The number of hydrazone groups is 1. The summed E-state index contributed by atoms with van der Waals surface area (Å²) in [5, 5.41) is 4.94. The number of alkyl halides is 3. The Morgan fingerprint density at radius 1 is 1.23 bits per heavy atom. The molecule has 1 aromatic heterocycles. The average Bonchev–Trinajstić information content (AvgIpc) is 2.95. The number of carbonyl (C=O) groups is 1. The molecular weight excluding hydrogens is 381 g/mol. The largest absolute Gasteiger partial charge is 0.431 e. The first kappa shape index (κ1) is 16.7. The van der Waals surface area contributed by atoms with Gasteiger partial charge in [-0.05, 0) is 35.7 Å². The highest BCUT2D eigenvalue weighted by Gasteiger charge is 2.36. The van der Waals surface area contributed by atoms with Crippen molar-refractivity contribution in [3.63, 3.8) is 0 Å². The van der Waals surface area contributed by atoms with Crippen LogP contribution in [0.25, 0.3) is 0 Å². The zero-order valence-electron chi connectivity index (χ0n) is 11.0. The standard InChI is InChI=1S/C14H10BrF3N2OS/c15-10-5-3-9(4-6-10)13(21)20-19-12(14(16,17)18)8-11-2-1-7-22-11/h1-7H,8H2,(H,20,21)/b19-12-. The van der Waals surface area contributed by atoms with Crippen LogP contribution < -0.4 is 5.43 Å². The number of amides is 1. The van der Waals surface area contributed by atoms with Crippen LogP contribution in [0, 0.1) is 0 Å². The summed E-state index contributed by atoms with van der Waals surface area (Å²) in [4.78, 5) is 12.3. The van der Waals surface area contributed by atoms with Gasteiger partial charge in [0.2, 0.25) is 0 Å². The average molecular weight is 391 g/mol. The van der Waals surface area contributed by atoms with Crippen LogP contribution in [-0.2, 0) is 6.42 Å². The van der Waals surface area contributed by atoms with Crippen molar-refractivity contribution in [3.05, 3.63) is 56.7 Å². The molecule has 0 spiro atoms. The molecule has 1 N–H and O–H groups in total. The monoisotopic (exact) mass is 390 g/mol. The van der Waals surface area contributed by atoms with Crippen LogP contribution in [0.5, 0.6) is 0 Å². The molecule has 3 nitrogen and oxygen atoms in total. The summed E-state index contributed by atoms with van der Waals surface area (Å²) in [6, 6.07) is 9.46. The Hall–Kier alpha value is -1.67. The van der Waals surface area contributed by atoms with Crippen molar-refractivity contribution in [2.24, 2.45) is 5.10 Å². The van der Waals surface area contributed by atoms with Crippen molar-refractivity contribution in [2.45, 2.75) is 12.6 Å². The van der Waals surface area contributed by atoms with Gasteiger partial charge in [-0.25, -0.2) is 5.43 Å². The molecule has 116 valence electrons. The van der Waals surface area contributed by atoms with E-state index in [4.69, 9.17) is 0 Å². The molecule has 22 heavy (non-hydrogen) atoms. The zero-order valence-corrected chi connectivity index (χ0v) is 13.4. The molecule has 8 heteroatoms. The maximum Gasteiger partial charge on any atom is 0.431 e. The molecule has 0 aliphatic rings. The molecule has 0 radical (unpaired) electrons. The predicted molar refractivity (Wildman–Crippen MR) is 83.1 cm³/mol. The minimum Gasteiger partial charge on any atom is -0.267 e. The van der Waals surface area contributed by atoms with Crippen LogP contribution in [0.4, 0.5) is 13.2 Å². The number of halogens is 4. The molecule has 0 aliphatic heterocycles. The normalized spacial score (nSPS) is 12.3. The summed E-state index contributed by atoms with van der Waals surface area (Å²) < 4.78 is 39.6. The highest BCUT2D eigenvalue weighted by atomic mass is 79.9. The SMILES string of the molecule is O=C(N/N=C(/Cc1cccs1)C(F)(F)F)c1ccc(Br)cc1. The zero-order chi connectivity index (χ0) is 16.2. The number of hydrogen-bond acceptors (Lipinski definition) is 3. The quantitative estimate of drug-likeness (QED) is 0.609. The van der Waals surface area contributed by atoms with Gasteiger partial charge in [-0.3, -0.25) is 4.79 Å². The Morgan fingerprint density at radius 3 is 2.45 bits per heavy atom. The highest BCUT2D eigenvalue weighted by molar-refractivity contribution is 9.10. The second-order valence-corrected chi connectivity index (χ2v) is 6.21. The molecule has 0 fully saturated rings. The van der Waals surface area contributed by atoms with E-state index in [0.717, 1.165) is 4.47 Å². The van der Waals surface area contributed by atoms with Gasteiger partial charge < -0.3 is 0 Å². The minimum atomic E-state index is -4.60. The van der Waals surface area contributed by atoms with Gasteiger partial charge in [0.05, 0.1) is 0 Å². The van der Waals surface area contributed by atoms with Crippen molar-refractivity contribution in [3.8, 4) is 0 Å². The molecular formula is C14H10BrF3N2OS. The summed E-state index contributed by atoms with van der Waals surface area (Å²) >= 11 is 4.41. The van der Waals surface area contributed by atoms with Gasteiger partial charge >= 0.3 is 6.18 Å². The Labute approximate surface area is 137 Å². The first-order chi connectivity index (χ1) is 10.4. The summed E-state index contributed by atoms with van der Waals surface area (Å²) in [6.07, 6.45) is -4.97. The van der Waals surface area contributed by atoms with Crippen LogP contribution in [-0.4, -0.2) is 17.8 Å². The molecule has 0 atom stereocenters. The molecule has 1 amide bonds. The second-order valence-electron chi connectivity index (χ2n) is 4.26. The topological polar surface area (TPSA) is 41.5 Å². The molecule has 0 bridgehead atoms. The van der Waals surface area contributed by atoms with Gasteiger partial charge in [0.15, 0.2) is 0 Å². The lowest BCUT2D eigenvalue weighted by atomic mass is 10.2. The summed E-state index contributed by atoms with van der Waals surface area (Å²) in [5.41, 5.74) is 1.14. The number of thiophene rings is 1. The summed E-state index contributed by atoms with van der Waals surface area (Å²) in [6.45, 7) is 0. The first-order valence-corrected chi connectivity index (χ1v) is 7.75. The molecule has 1 heterocycles. The Morgan fingerprint density at radius 2 is 1.91 bits per heavy atom. The maximum absolute atomic E-state index is 12.9. The van der Waals surface area contributed by atoms with Crippen LogP contribution >= 0.6 is 27.3 Å². The minimum absolute atomic E-state index is 0.226. The van der Waals surface area contributed by atoms with Crippen molar-refractivity contribution in [1.29, 1.82) is 0 Å². The number of nitrogens with one attached hydrogen (secondary N) is 1. The Balaban J connectivity index is 2.12. The van der Waals surface area contributed by atoms with E-state index in [1.807, 2.05) is 5.43 Å². The summed E-state index contributed by atoms with van der Waals surface area (Å²) in [5.74, 6) is -0.694. The summed E-state index contributed by atoms with van der Waals surface area (Å²) in [7, 11) is 0. The molecule has 1 aromatic carbocycles. The smallest absolute Gasteiger partial charge is 0.267 e. The van der Waals surface area contributed by atoms with Crippen molar-refractivity contribution in [1.82, 2.24) is 5.43 Å². The van der Waals surface area contributed by atoms with E-state index in [-0.39, 0.29) is 12.0 Å². The van der Waals surface area contributed by atoms with Gasteiger partial charge in [-0.15, -0.1) is 11.3 Å². The lowest BCUT2D eigenvalue weighted by Gasteiger charge is -2.10.